The minimum Gasteiger partial charge on any atom is -0.396 e. The molecule has 1 rings (SSSR count). The highest BCUT2D eigenvalue weighted by molar-refractivity contribution is 7.90. The number of sulfonamides is 1. The molecule has 1 atom stereocenters. The molecule has 0 bridgehead atoms. The van der Waals surface area contributed by atoms with E-state index in [1.165, 1.54) is 0 Å². The fraction of sp³-hybridized carbons (Fsp3) is 1.00. The Labute approximate surface area is 98.5 Å². The third kappa shape index (κ3) is 3.71. The maximum atomic E-state index is 12.0. The van der Waals surface area contributed by atoms with Gasteiger partial charge in [-0.3, -0.25) is 0 Å². The number of aliphatic hydroxyl groups excluding tert-OH is 1. The van der Waals surface area contributed by atoms with Crippen molar-refractivity contribution in [1.82, 2.24) is 4.72 Å². The van der Waals surface area contributed by atoms with E-state index >= 15 is 0 Å². The van der Waals surface area contributed by atoms with Gasteiger partial charge in [0.15, 0.2) is 0 Å². The van der Waals surface area contributed by atoms with Crippen LogP contribution in [0, 0.1) is 5.92 Å². The van der Waals surface area contributed by atoms with Gasteiger partial charge in [-0.25, -0.2) is 13.1 Å². The van der Waals surface area contributed by atoms with Gasteiger partial charge in [-0.15, -0.1) is 0 Å². The Morgan fingerprint density at radius 3 is 2.31 bits per heavy atom. The summed E-state index contributed by atoms with van der Waals surface area (Å²) in [7, 11) is -3.19. The summed E-state index contributed by atoms with van der Waals surface area (Å²) >= 11 is 0. The van der Waals surface area contributed by atoms with E-state index in [-0.39, 0.29) is 23.8 Å². The summed E-state index contributed by atoms with van der Waals surface area (Å²) in [6, 6.07) is -0.143. The van der Waals surface area contributed by atoms with Crippen molar-refractivity contribution in [2.75, 3.05) is 6.61 Å². The summed E-state index contributed by atoms with van der Waals surface area (Å²) < 4.78 is 26.8. The first-order chi connectivity index (χ1) is 7.47. The maximum Gasteiger partial charge on any atom is 0.214 e. The SMILES string of the molecule is CC(C)C(CCO)NS(=O)(=O)C1CCCC1. The van der Waals surface area contributed by atoms with Crippen LogP contribution in [-0.2, 0) is 10.0 Å². The van der Waals surface area contributed by atoms with E-state index in [9.17, 15) is 8.42 Å². The smallest absolute Gasteiger partial charge is 0.214 e. The zero-order valence-electron chi connectivity index (χ0n) is 10.1. The Bertz CT molecular complexity index is 294. The Kier molecular flexibility index (Phi) is 5.21. The lowest BCUT2D eigenvalue weighted by molar-refractivity contribution is 0.255. The second-order valence-electron chi connectivity index (χ2n) is 4.93. The lowest BCUT2D eigenvalue weighted by Crippen LogP contribution is -2.43. The number of nitrogens with one attached hydrogen (secondary N) is 1. The monoisotopic (exact) mass is 249 g/mol. The summed E-state index contributed by atoms with van der Waals surface area (Å²) in [5.74, 6) is 0.211. The second kappa shape index (κ2) is 5.98. The predicted octanol–water partition coefficient (Wildman–Crippen LogP) is 1.26. The summed E-state index contributed by atoms with van der Waals surface area (Å²) in [5.41, 5.74) is 0. The molecule has 1 aliphatic carbocycles. The van der Waals surface area contributed by atoms with E-state index in [0.717, 1.165) is 25.7 Å². The molecule has 1 unspecified atom stereocenters. The van der Waals surface area contributed by atoms with Crippen molar-refractivity contribution in [3.8, 4) is 0 Å². The van der Waals surface area contributed by atoms with Gasteiger partial charge in [0.05, 0.1) is 5.25 Å². The van der Waals surface area contributed by atoms with E-state index in [4.69, 9.17) is 5.11 Å². The first kappa shape index (κ1) is 13.9. The first-order valence-electron chi connectivity index (χ1n) is 6.09. The van der Waals surface area contributed by atoms with Gasteiger partial charge in [0, 0.05) is 12.6 Å². The summed E-state index contributed by atoms with van der Waals surface area (Å²) in [4.78, 5) is 0. The topological polar surface area (TPSA) is 66.4 Å². The van der Waals surface area contributed by atoms with Gasteiger partial charge in [0.1, 0.15) is 0 Å². The third-order valence-electron chi connectivity index (χ3n) is 3.30. The molecular weight excluding hydrogens is 226 g/mol. The van der Waals surface area contributed by atoms with Crippen LogP contribution in [0.5, 0.6) is 0 Å². The van der Waals surface area contributed by atoms with Gasteiger partial charge in [-0.2, -0.15) is 0 Å². The van der Waals surface area contributed by atoms with Crippen molar-refractivity contribution in [3.63, 3.8) is 0 Å². The average Bonchev–Trinajstić information content (AvgIpc) is 2.69. The number of aliphatic hydroxyl groups is 1. The van der Waals surface area contributed by atoms with Gasteiger partial charge >= 0.3 is 0 Å². The number of rotatable bonds is 6. The van der Waals surface area contributed by atoms with Crippen LogP contribution in [0.2, 0.25) is 0 Å². The summed E-state index contributed by atoms with van der Waals surface area (Å²) in [6.45, 7) is 3.96. The molecule has 4 nitrogen and oxygen atoms in total. The molecule has 0 heterocycles. The Hall–Kier alpha value is -0.130. The van der Waals surface area contributed by atoms with Crippen LogP contribution in [0.4, 0.5) is 0 Å². The molecule has 0 aromatic rings. The highest BCUT2D eigenvalue weighted by Crippen LogP contribution is 2.24. The van der Waals surface area contributed by atoms with Gasteiger partial charge in [-0.1, -0.05) is 26.7 Å². The van der Waals surface area contributed by atoms with Crippen molar-refractivity contribution in [2.24, 2.45) is 5.92 Å². The number of hydrogen-bond donors (Lipinski definition) is 2. The van der Waals surface area contributed by atoms with Crippen LogP contribution >= 0.6 is 0 Å². The molecule has 5 heteroatoms. The lowest BCUT2D eigenvalue weighted by Gasteiger charge is -2.23. The van der Waals surface area contributed by atoms with Crippen molar-refractivity contribution < 1.29 is 13.5 Å². The Balaban J connectivity index is 2.61. The van der Waals surface area contributed by atoms with Crippen molar-refractivity contribution in [3.05, 3.63) is 0 Å². The molecule has 0 saturated heterocycles. The standard InChI is InChI=1S/C11H23NO3S/c1-9(2)11(7-8-13)12-16(14,15)10-5-3-4-6-10/h9-13H,3-8H2,1-2H3. The van der Waals surface area contributed by atoms with E-state index in [1.54, 1.807) is 0 Å². The molecule has 16 heavy (non-hydrogen) atoms. The van der Waals surface area contributed by atoms with Crippen molar-refractivity contribution in [1.29, 1.82) is 0 Å². The highest BCUT2D eigenvalue weighted by atomic mass is 32.2. The molecule has 0 aliphatic heterocycles. The molecule has 0 aromatic heterocycles. The minimum atomic E-state index is -3.19. The fourth-order valence-electron chi connectivity index (χ4n) is 2.17. The molecule has 96 valence electrons. The third-order valence-corrected chi connectivity index (χ3v) is 5.28. The second-order valence-corrected chi connectivity index (χ2v) is 6.92. The van der Waals surface area contributed by atoms with Crippen molar-refractivity contribution >= 4 is 10.0 Å². The fourth-order valence-corrected chi connectivity index (χ4v) is 4.13. The van der Waals surface area contributed by atoms with E-state index < -0.39 is 10.0 Å². The van der Waals surface area contributed by atoms with Crippen LogP contribution in [-0.4, -0.2) is 31.4 Å². The molecule has 1 aliphatic rings. The van der Waals surface area contributed by atoms with Gasteiger partial charge < -0.3 is 5.11 Å². The quantitative estimate of drug-likeness (QED) is 0.744. The molecule has 0 aromatic carbocycles. The lowest BCUT2D eigenvalue weighted by atomic mass is 10.0. The van der Waals surface area contributed by atoms with Gasteiger partial charge in [0.2, 0.25) is 10.0 Å². The average molecular weight is 249 g/mol. The van der Waals surface area contributed by atoms with E-state index in [0.29, 0.717) is 6.42 Å². The summed E-state index contributed by atoms with van der Waals surface area (Å²) in [6.07, 6.45) is 4.07. The Morgan fingerprint density at radius 1 is 1.31 bits per heavy atom. The zero-order valence-corrected chi connectivity index (χ0v) is 11.0. The van der Waals surface area contributed by atoms with Crippen LogP contribution < -0.4 is 4.72 Å². The van der Waals surface area contributed by atoms with Gasteiger partial charge in [-0.05, 0) is 25.2 Å². The first-order valence-corrected chi connectivity index (χ1v) is 7.64. The normalized spacial score (nSPS) is 20.5. The molecule has 1 fully saturated rings. The predicted molar refractivity (Wildman–Crippen MR) is 64.6 cm³/mol. The van der Waals surface area contributed by atoms with Crippen LogP contribution in [0.25, 0.3) is 0 Å². The summed E-state index contributed by atoms with van der Waals surface area (Å²) in [5, 5.41) is 8.70. The Morgan fingerprint density at radius 2 is 1.88 bits per heavy atom. The highest BCUT2D eigenvalue weighted by Gasteiger charge is 2.31. The van der Waals surface area contributed by atoms with Crippen LogP contribution in [0.1, 0.15) is 46.0 Å². The molecule has 2 N–H and O–H groups in total. The van der Waals surface area contributed by atoms with Gasteiger partial charge in [0.25, 0.3) is 0 Å². The van der Waals surface area contributed by atoms with E-state index in [1.807, 2.05) is 13.8 Å². The molecular formula is C11H23NO3S. The minimum absolute atomic E-state index is 0.0238. The number of hydrogen-bond acceptors (Lipinski definition) is 3. The molecule has 1 saturated carbocycles. The van der Waals surface area contributed by atoms with Crippen molar-refractivity contribution in [2.45, 2.75) is 57.2 Å². The van der Waals surface area contributed by atoms with Crippen LogP contribution in [0.15, 0.2) is 0 Å². The molecule has 0 radical (unpaired) electrons. The van der Waals surface area contributed by atoms with E-state index in [2.05, 4.69) is 4.72 Å². The maximum absolute atomic E-state index is 12.0. The molecule has 0 amide bonds. The molecule has 0 spiro atoms. The zero-order chi connectivity index (χ0) is 12.2. The van der Waals surface area contributed by atoms with Crippen LogP contribution in [0.3, 0.4) is 0 Å². The largest absolute Gasteiger partial charge is 0.396 e.